The second kappa shape index (κ2) is 5.62. The number of carbonyl (C=O) groups is 1. The van der Waals surface area contributed by atoms with Crippen LogP contribution in [0.4, 0.5) is 0 Å². The maximum atomic E-state index is 11.0. The van der Waals surface area contributed by atoms with E-state index in [0.29, 0.717) is 12.0 Å². The van der Waals surface area contributed by atoms with E-state index in [2.05, 4.69) is 5.10 Å². The molecule has 0 fully saturated rings. The highest BCUT2D eigenvalue weighted by molar-refractivity contribution is 5.74. The van der Waals surface area contributed by atoms with Gasteiger partial charge in [0.2, 0.25) is 0 Å². The highest BCUT2D eigenvalue weighted by atomic mass is 16.5. The van der Waals surface area contributed by atoms with Crippen LogP contribution in [-0.2, 0) is 16.6 Å². The van der Waals surface area contributed by atoms with E-state index >= 15 is 0 Å². The first-order valence-electron chi connectivity index (χ1n) is 5.01. The summed E-state index contributed by atoms with van der Waals surface area (Å²) in [6, 6.07) is 0. The minimum Gasteiger partial charge on any atom is -0.479 e. The molecule has 1 aromatic heterocycles. The summed E-state index contributed by atoms with van der Waals surface area (Å²) in [5.74, 6) is -1.05. The van der Waals surface area contributed by atoms with Gasteiger partial charge < -0.3 is 14.9 Å². The standard InChI is InChI=1S/C10H16N2O4/c1-7-8(6-11-12(7)2)9(10(14)15)16-5-3-4-13/h6,9,13H,3-5H2,1-2H3,(H,14,15). The van der Waals surface area contributed by atoms with Gasteiger partial charge in [0.15, 0.2) is 6.10 Å². The maximum absolute atomic E-state index is 11.0. The van der Waals surface area contributed by atoms with Crippen LogP contribution in [0.2, 0.25) is 0 Å². The number of aliphatic hydroxyl groups excluding tert-OH is 1. The second-order valence-corrected chi connectivity index (χ2v) is 3.48. The molecule has 1 unspecified atom stereocenters. The van der Waals surface area contributed by atoms with Crippen molar-refractivity contribution in [1.82, 2.24) is 9.78 Å². The lowest BCUT2D eigenvalue weighted by atomic mass is 10.1. The number of aromatic nitrogens is 2. The highest BCUT2D eigenvalue weighted by Crippen LogP contribution is 2.20. The molecule has 0 saturated carbocycles. The molecule has 0 amide bonds. The Labute approximate surface area is 93.5 Å². The van der Waals surface area contributed by atoms with Crippen LogP contribution in [0.25, 0.3) is 0 Å². The Bertz CT molecular complexity index is 362. The summed E-state index contributed by atoms with van der Waals surface area (Å²) in [7, 11) is 1.74. The summed E-state index contributed by atoms with van der Waals surface area (Å²) in [6.45, 7) is 1.98. The molecule has 16 heavy (non-hydrogen) atoms. The maximum Gasteiger partial charge on any atom is 0.337 e. The van der Waals surface area contributed by atoms with Gasteiger partial charge in [-0.25, -0.2) is 4.79 Å². The molecular formula is C10H16N2O4. The van der Waals surface area contributed by atoms with Crippen LogP contribution in [-0.4, -0.2) is 39.2 Å². The van der Waals surface area contributed by atoms with Crippen molar-refractivity contribution in [3.05, 3.63) is 17.5 Å². The smallest absolute Gasteiger partial charge is 0.337 e. The molecule has 2 N–H and O–H groups in total. The first-order valence-corrected chi connectivity index (χ1v) is 5.01. The number of carboxylic acid groups (broad SMARTS) is 1. The summed E-state index contributed by atoms with van der Waals surface area (Å²) >= 11 is 0. The number of rotatable bonds is 6. The molecule has 6 heteroatoms. The number of aliphatic hydroxyl groups is 1. The fraction of sp³-hybridized carbons (Fsp3) is 0.600. The van der Waals surface area contributed by atoms with Crippen LogP contribution >= 0.6 is 0 Å². The quantitative estimate of drug-likeness (QED) is 0.682. The second-order valence-electron chi connectivity index (χ2n) is 3.48. The molecule has 1 aromatic rings. The molecule has 0 radical (unpaired) electrons. The van der Waals surface area contributed by atoms with Crippen molar-refractivity contribution in [1.29, 1.82) is 0 Å². The van der Waals surface area contributed by atoms with Crippen LogP contribution in [0, 0.1) is 6.92 Å². The van der Waals surface area contributed by atoms with Crippen molar-refractivity contribution >= 4 is 5.97 Å². The van der Waals surface area contributed by atoms with Crippen molar-refractivity contribution in [2.24, 2.45) is 7.05 Å². The molecule has 90 valence electrons. The van der Waals surface area contributed by atoms with Gasteiger partial charge >= 0.3 is 5.97 Å². The third-order valence-electron chi connectivity index (χ3n) is 2.37. The summed E-state index contributed by atoms with van der Waals surface area (Å²) < 4.78 is 6.81. The van der Waals surface area contributed by atoms with Gasteiger partial charge in [0, 0.05) is 24.9 Å². The molecule has 1 heterocycles. The Morgan fingerprint density at radius 2 is 2.38 bits per heavy atom. The van der Waals surface area contributed by atoms with Crippen molar-refractivity contribution < 1.29 is 19.7 Å². The number of ether oxygens (including phenoxy) is 1. The van der Waals surface area contributed by atoms with Crippen molar-refractivity contribution in [3.63, 3.8) is 0 Å². The van der Waals surface area contributed by atoms with Crippen molar-refractivity contribution in [3.8, 4) is 0 Å². The minimum absolute atomic E-state index is 0.0155. The van der Waals surface area contributed by atoms with Crippen LogP contribution in [0.5, 0.6) is 0 Å². The van der Waals surface area contributed by atoms with E-state index in [0.717, 1.165) is 5.69 Å². The molecule has 0 aliphatic heterocycles. The van der Waals surface area contributed by atoms with Gasteiger partial charge in [-0.2, -0.15) is 5.10 Å². The van der Waals surface area contributed by atoms with Gasteiger partial charge in [0.05, 0.1) is 12.8 Å². The first kappa shape index (κ1) is 12.7. The molecule has 0 aromatic carbocycles. The van der Waals surface area contributed by atoms with Gasteiger partial charge in [-0.05, 0) is 13.3 Å². The largest absolute Gasteiger partial charge is 0.479 e. The monoisotopic (exact) mass is 228 g/mol. The van der Waals surface area contributed by atoms with E-state index in [1.54, 1.807) is 18.7 Å². The first-order chi connectivity index (χ1) is 7.57. The van der Waals surface area contributed by atoms with E-state index in [1.807, 2.05) is 0 Å². The van der Waals surface area contributed by atoms with Gasteiger partial charge in [-0.15, -0.1) is 0 Å². The zero-order valence-electron chi connectivity index (χ0n) is 9.38. The number of hydrogen-bond acceptors (Lipinski definition) is 4. The van der Waals surface area contributed by atoms with Gasteiger partial charge in [-0.3, -0.25) is 4.68 Å². The van der Waals surface area contributed by atoms with Crippen molar-refractivity contribution in [2.75, 3.05) is 13.2 Å². The predicted octanol–water partition coefficient (Wildman–Crippen LogP) is 0.253. The fourth-order valence-corrected chi connectivity index (χ4v) is 1.33. The lowest BCUT2D eigenvalue weighted by Gasteiger charge is -2.12. The third-order valence-corrected chi connectivity index (χ3v) is 2.37. The average Bonchev–Trinajstić information content (AvgIpc) is 2.55. The van der Waals surface area contributed by atoms with E-state index in [9.17, 15) is 4.79 Å². The zero-order valence-corrected chi connectivity index (χ0v) is 9.38. The average molecular weight is 228 g/mol. The van der Waals surface area contributed by atoms with Crippen molar-refractivity contribution in [2.45, 2.75) is 19.4 Å². The van der Waals surface area contributed by atoms with E-state index < -0.39 is 12.1 Å². The molecule has 6 nitrogen and oxygen atoms in total. The van der Waals surface area contributed by atoms with E-state index in [1.165, 1.54) is 6.20 Å². The molecule has 0 spiro atoms. The molecule has 0 saturated heterocycles. The topological polar surface area (TPSA) is 84.6 Å². The molecule has 0 aliphatic carbocycles. The van der Waals surface area contributed by atoms with E-state index in [-0.39, 0.29) is 13.2 Å². The summed E-state index contributed by atoms with van der Waals surface area (Å²) in [6.07, 6.45) is 0.899. The number of hydrogen-bond donors (Lipinski definition) is 2. The molecule has 0 aliphatic rings. The SMILES string of the molecule is Cc1c(C(OCCCO)C(=O)O)cnn1C. The summed E-state index contributed by atoms with van der Waals surface area (Å²) in [5, 5.41) is 21.6. The third kappa shape index (κ3) is 2.80. The molecular weight excluding hydrogens is 212 g/mol. The van der Waals surface area contributed by atoms with Gasteiger partial charge in [0.25, 0.3) is 0 Å². The number of aliphatic carboxylic acids is 1. The number of aryl methyl sites for hydroxylation is 1. The lowest BCUT2D eigenvalue weighted by molar-refractivity contribution is -0.151. The highest BCUT2D eigenvalue weighted by Gasteiger charge is 2.24. The normalized spacial score (nSPS) is 12.7. The molecule has 1 rings (SSSR count). The van der Waals surface area contributed by atoms with Crippen LogP contribution in [0.3, 0.4) is 0 Å². The fourth-order valence-electron chi connectivity index (χ4n) is 1.33. The van der Waals surface area contributed by atoms with Crippen LogP contribution < -0.4 is 0 Å². The Morgan fingerprint density at radius 1 is 1.69 bits per heavy atom. The molecule has 1 atom stereocenters. The summed E-state index contributed by atoms with van der Waals surface area (Å²) in [5.41, 5.74) is 1.31. The Morgan fingerprint density at radius 3 is 2.81 bits per heavy atom. The zero-order chi connectivity index (χ0) is 12.1. The Balaban J connectivity index is 2.77. The Hall–Kier alpha value is -1.40. The number of carboxylic acids is 1. The minimum atomic E-state index is -1.05. The molecule has 0 bridgehead atoms. The lowest BCUT2D eigenvalue weighted by Crippen LogP contribution is -2.17. The van der Waals surface area contributed by atoms with Gasteiger partial charge in [0.1, 0.15) is 0 Å². The predicted molar refractivity (Wildman–Crippen MR) is 56.0 cm³/mol. The van der Waals surface area contributed by atoms with Crippen LogP contribution in [0.1, 0.15) is 23.8 Å². The number of nitrogens with zero attached hydrogens (tertiary/aromatic N) is 2. The van der Waals surface area contributed by atoms with Crippen LogP contribution in [0.15, 0.2) is 6.20 Å². The van der Waals surface area contributed by atoms with Gasteiger partial charge in [-0.1, -0.05) is 0 Å². The summed E-state index contributed by atoms with van der Waals surface area (Å²) in [4.78, 5) is 11.0. The van der Waals surface area contributed by atoms with E-state index in [4.69, 9.17) is 14.9 Å². The Kier molecular flexibility index (Phi) is 4.45.